The number of H-pyrrole nitrogens is 1. The number of anilines is 2. The van der Waals surface area contributed by atoms with Gasteiger partial charge in [0.15, 0.2) is 17.2 Å². The zero-order chi connectivity index (χ0) is 27.7. The van der Waals surface area contributed by atoms with Crippen LogP contribution in [0.5, 0.6) is 11.5 Å². The average Bonchev–Trinajstić information content (AvgIpc) is 2.82. The number of aromatic amines is 1. The quantitative estimate of drug-likeness (QED) is 0.342. The van der Waals surface area contributed by atoms with E-state index >= 15 is 0 Å². The third-order valence-electron chi connectivity index (χ3n) is 5.53. The van der Waals surface area contributed by atoms with E-state index in [0.717, 1.165) is 18.2 Å². The van der Waals surface area contributed by atoms with Crippen molar-refractivity contribution in [1.29, 1.82) is 0 Å². The molecule has 4 rings (SSSR count). The lowest BCUT2D eigenvalue weighted by Crippen LogP contribution is -2.52. The molecule has 8 nitrogen and oxygen atoms in total. The van der Waals surface area contributed by atoms with E-state index in [1.807, 2.05) is 5.32 Å². The Balaban J connectivity index is 1.52. The predicted molar refractivity (Wildman–Crippen MR) is 128 cm³/mol. The number of carbonyl (C=O) groups is 1. The number of pyridine rings is 1. The summed E-state index contributed by atoms with van der Waals surface area (Å²) in [5.74, 6) is -3.35. The Labute approximate surface area is 212 Å². The number of hydrogen-bond donors (Lipinski definition) is 3. The number of ether oxygens (including phenoxy) is 3. The predicted octanol–water partition coefficient (Wildman–Crippen LogP) is 5.55. The topological polar surface area (TPSA) is 102 Å². The molecule has 2 heterocycles. The molecule has 1 fully saturated rings. The maximum atomic E-state index is 14.9. The number of benzene rings is 2. The van der Waals surface area contributed by atoms with E-state index in [1.165, 1.54) is 31.3 Å². The number of halogens is 5. The number of aromatic nitrogens is 1. The largest absolute Gasteiger partial charge is 0.488 e. The molecule has 0 unspecified atom stereocenters. The first-order valence-corrected chi connectivity index (χ1v) is 11.3. The van der Waals surface area contributed by atoms with Gasteiger partial charge in [-0.3, -0.25) is 4.79 Å². The summed E-state index contributed by atoms with van der Waals surface area (Å²) in [5.41, 5.74) is -3.53. The van der Waals surface area contributed by atoms with Crippen LogP contribution < -0.4 is 25.7 Å². The van der Waals surface area contributed by atoms with E-state index < -0.39 is 52.0 Å². The molecule has 2 aromatic carbocycles. The van der Waals surface area contributed by atoms with Gasteiger partial charge in [-0.25, -0.2) is 13.6 Å². The maximum absolute atomic E-state index is 14.9. The molecule has 0 bridgehead atoms. The lowest BCUT2D eigenvalue weighted by Gasteiger charge is -2.38. The van der Waals surface area contributed by atoms with E-state index in [4.69, 9.17) is 14.2 Å². The molecular weight excluding hydrogens is 517 g/mol. The minimum atomic E-state index is -5.12. The standard InChI is InChI=1S/C25H22F5N3O5/c1-3-37-19-9-14(10-31-22(19)34)13-4-5-16(15(26)8-13)32-23(35)33-17-6-7-18(38-24(2)11-36-12-24)20(21(17)27)25(28,29)30/h4-10H,3,11-12H2,1-2H3,(H,31,34)(H2,32,33,35). The van der Waals surface area contributed by atoms with E-state index in [-0.39, 0.29) is 31.3 Å². The fourth-order valence-electron chi connectivity index (χ4n) is 3.68. The minimum absolute atomic E-state index is 0.0363. The molecular formula is C25H22F5N3O5. The van der Waals surface area contributed by atoms with Gasteiger partial charge in [0.05, 0.1) is 31.2 Å². The number of amides is 2. The SMILES string of the molecule is CCOc1cc(-c2ccc(NC(=O)Nc3ccc(OC4(C)COC4)c(C(F)(F)F)c3F)c(F)c2)c[nH]c1=O. The summed E-state index contributed by atoms with van der Waals surface area (Å²) in [6, 6.07) is 5.74. The molecule has 13 heteroatoms. The fraction of sp³-hybridized carbons (Fsp3) is 0.280. The van der Waals surface area contributed by atoms with Crippen LogP contribution in [0.3, 0.4) is 0 Å². The third-order valence-corrected chi connectivity index (χ3v) is 5.53. The normalized spacial score (nSPS) is 14.4. The van der Waals surface area contributed by atoms with Gasteiger partial charge < -0.3 is 29.8 Å². The van der Waals surface area contributed by atoms with Crippen LogP contribution in [0.25, 0.3) is 11.1 Å². The highest BCUT2D eigenvalue weighted by Gasteiger charge is 2.43. The number of carbonyl (C=O) groups excluding carboxylic acids is 1. The molecule has 0 aliphatic carbocycles. The Kier molecular flexibility index (Phi) is 7.31. The molecule has 3 aromatic rings. The lowest BCUT2D eigenvalue weighted by molar-refractivity contribution is -0.161. The van der Waals surface area contributed by atoms with Gasteiger partial charge >= 0.3 is 12.2 Å². The van der Waals surface area contributed by atoms with Gasteiger partial charge in [0.25, 0.3) is 5.56 Å². The van der Waals surface area contributed by atoms with Crippen molar-refractivity contribution in [3.8, 4) is 22.6 Å². The highest BCUT2D eigenvalue weighted by Crippen LogP contribution is 2.42. The van der Waals surface area contributed by atoms with Crippen LogP contribution in [-0.4, -0.2) is 36.4 Å². The van der Waals surface area contributed by atoms with Crippen LogP contribution in [-0.2, 0) is 10.9 Å². The molecule has 0 spiro atoms. The van der Waals surface area contributed by atoms with Crippen LogP contribution in [0, 0.1) is 11.6 Å². The molecule has 1 saturated heterocycles. The number of urea groups is 1. The maximum Gasteiger partial charge on any atom is 0.422 e. The average molecular weight is 539 g/mol. The van der Waals surface area contributed by atoms with Crippen molar-refractivity contribution in [3.05, 3.63) is 70.1 Å². The van der Waals surface area contributed by atoms with Crippen LogP contribution in [0.2, 0.25) is 0 Å². The number of alkyl halides is 3. The van der Waals surface area contributed by atoms with Crippen LogP contribution in [0.1, 0.15) is 19.4 Å². The van der Waals surface area contributed by atoms with E-state index in [2.05, 4.69) is 10.3 Å². The van der Waals surface area contributed by atoms with Crippen molar-refractivity contribution in [2.75, 3.05) is 30.5 Å². The highest BCUT2D eigenvalue weighted by atomic mass is 19.4. The molecule has 1 aliphatic rings. The van der Waals surface area contributed by atoms with Crippen LogP contribution in [0.15, 0.2) is 47.4 Å². The Hall–Kier alpha value is -4.13. The van der Waals surface area contributed by atoms with E-state index in [9.17, 15) is 31.5 Å². The summed E-state index contributed by atoms with van der Waals surface area (Å²) >= 11 is 0. The van der Waals surface area contributed by atoms with Crippen molar-refractivity contribution in [3.63, 3.8) is 0 Å². The van der Waals surface area contributed by atoms with E-state index in [1.54, 1.807) is 6.92 Å². The smallest absolute Gasteiger partial charge is 0.422 e. The first kappa shape index (κ1) is 26.9. The molecule has 202 valence electrons. The Morgan fingerprint density at radius 1 is 1.05 bits per heavy atom. The van der Waals surface area contributed by atoms with Gasteiger partial charge in [0, 0.05) is 11.8 Å². The summed E-state index contributed by atoms with van der Waals surface area (Å²) in [7, 11) is 0. The molecule has 0 saturated carbocycles. The minimum Gasteiger partial charge on any atom is -0.488 e. The van der Waals surface area contributed by atoms with Crippen molar-refractivity contribution in [2.45, 2.75) is 25.6 Å². The van der Waals surface area contributed by atoms with Crippen molar-refractivity contribution >= 4 is 17.4 Å². The second-order valence-electron chi connectivity index (χ2n) is 8.63. The summed E-state index contributed by atoms with van der Waals surface area (Å²) in [6.07, 6.45) is -3.77. The molecule has 2 amide bonds. The van der Waals surface area contributed by atoms with Crippen molar-refractivity contribution < 1.29 is 41.0 Å². The van der Waals surface area contributed by atoms with Gasteiger partial charge in [0.2, 0.25) is 0 Å². The van der Waals surface area contributed by atoms with Gasteiger partial charge in [0.1, 0.15) is 17.1 Å². The third kappa shape index (κ3) is 5.72. The molecule has 1 aromatic heterocycles. The monoisotopic (exact) mass is 539 g/mol. The number of nitrogens with one attached hydrogen (secondary N) is 3. The molecule has 0 radical (unpaired) electrons. The summed E-state index contributed by atoms with van der Waals surface area (Å²) in [6.45, 7) is 3.53. The van der Waals surface area contributed by atoms with Crippen LogP contribution >= 0.6 is 0 Å². The second kappa shape index (κ2) is 10.3. The molecule has 3 N–H and O–H groups in total. The summed E-state index contributed by atoms with van der Waals surface area (Å²) in [4.78, 5) is 26.6. The summed E-state index contributed by atoms with van der Waals surface area (Å²) < 4.78 is 86.0. The van der Waals surface area contributed by atoms with Gasteiger partial charge in [-0.15, -0.1) is 0 Å². The fourth-order valence-corrected chi connectivity index (χ4v) is 3.68. The lowest BCUT2D eigenvalue weighted by atomic mass is 10.0. The highest BCUT2D eigenvalue weighted by molar-refractivity contribution is 6.00. The van der Waals surface area contributed by atoms with Crippen LogP contribution in [0.4, 0.5) is 38.1 Å². The van der Waals surface area contributed by atoms with Crippen molar-refractivity contribution in [2.24, 2.45) is 0 Å². The Bertz CT molecular complexity index is 1420. The van der Waals surface area contributed by atoms with Crippen molar-refractivity contribution in [1.82, 2.24) is 4.98 Å². The molecule has 1 aliphatic heterocycles. The number of rotatable bonds is 7. The zero-order valence-corrected chi connectivity index (χ0v) is 20.1. The molecule has 38 heavy (non-hydrogen) atoms. The number of hydrogen-bond acceptors (Lipinski definition) is 5. The molecule has 0 atom stereocenters. The van der Waals surface area contributed by atoms with Gasteiger partial charge in [-0.05, 0) is 49.7 Å². The van der Waals surface area contributed by atoms with Gasteiger partial charge in [-0.2, -0.15) is 13.2 Å². The second-order valence-corrected chi connectivity index (χ2v) is 8.63. The van der Waals surface area contributed by atoms with Gasteiger partial charge in [-0.1, -0.05) is 6.07 Å². The first-order chi connectivity index (χ1) is 17.9. The Morgan fingerprint density at radius 3 is 2.34 bits per heavy atom. The zero-order valence-electron chi connectivity index (χ0n) is 20.1. The first-order valence-electron chi connectivity index (χ1n) is 11.3. The Morgan fingerprint density at radius 2 is 1.74 bits per heavy atom. The summed E-state index contributed by atoms with van der Waals surface area (Å²) in [5, 5.41) is 4.09. The van der Waals surface area contributed by atoms with E-state index in [0.29, 0.717) is 11.1 Å².